The number of rotatable bonds is 6. The lowest BCUT2D eigenvalue weighted by Gasteiger charge is -2.30. The van der Waals surface area contributed by atoms with E-state index in [1.165, 1.54) is 0 Å². The van der Waals surface area contributed by atoms with Crippen molar-refractivity contribution in [2.24, 2.45) is 5.92 Å². The average Bonchev–Trinajstić information content (AvgIpc) is 2.73. The van der Waals surface area contributed by atoms with Crippen LogP contribution in [0.2, 0.25) is 0 Å². The molecule has 5 nitrogen and oxygen atoms in total. The Morgan fingerprint density at radius 1 is 1.30 bits per heavy atom. The Bertz CT molecular complexity index is 316. The molecular formula is C15H29N3O2. The molecular weight excluding hydrogens is 254 g/mol. The van der Waals surface area contributed by atoms with Gasteiger partial charge < -0.3 is 9.64 Å². The van der Waals surface area contributed by atoms with Crippen molar-refractivity contribution in [3.63, 3.8) is 0 Å². The van der Waals surface area contributed by atoms with Gasteiger partial charge in [0, 0.05) is 26.2 Å². The minimum Gasteiger partial charge on any atom is -0.379 e. The number of hydrogen-bond acceptors (Lipinski definition) is 4. The van der Waals surface area contributed by atoms with E-state index < -0.39 is 0 Å². The molecule has 0 bridgehead atoms. The highest BCUT2D eigenvalue weighted by atomic mass is 16.5. The van der Waals surface area contributed by atoms with Gasteiger partial charge >= 0.3 is 0 Å². The smallest absolute Gasteiger partial charge is 0.241 e. The third-order valence-electron chi connectivity index (χ3n) is 4.21. The zero-order valence-corrected chi connectivity index (χ0v) is 13.1. The highest BCUT2D eigenvalue weighted by Crippen LogP contribution is 2.18. The second kappa shape index (κ2) is 7.38. The maximum Gasteiger partial charge on any atom is 0.241 e. The third kappa shape index (κ3) is 3.93. The molecule has 2 heterocycles. The Morgan fingerprint density at radius 3 is 2.60 bits per heavy atom. The lowest BCUT2D eigenvalue weighted by Crippen LogP contribution is -2.45. The zero-order chi connectivity index (χ0) is 14.5. The number of ether oxygens (including phenoxy) is 1. The van der Waals surface area contributed by atoms with E-state index in [0.717, 1.165) is 52.2 Å². The van der Waals surface area contributed by atoms with E-state index in [0.29, 0.717) is 11.8 Å². The molecule has 2 atom stereocenters. The molecule has 1 N–H and O–H groups in total. The monoisotopic (exact) mass is 283 g/mol. The number of nitrogens with one attached hydrogen (secondary N) is 1. The fraction of sp³-hybridized carbons (Fsp3) is 0.933. The molecule has 0 aromatic heterocycles. The summed E-state index contributed by atoms with van der Waals surface area (Å²) >= 11 is 0. The second-order valence-corrected chi connectivity index (χ2v) is 6.26. The maximum atomic E-state index is 12.5. The van der Waals surface area contributed by atoms with Crippen molar-refractivity contribution >= 4 is 5.91 Å². The number of hydrogen-bond donors (Lipinski definition) is 1. The molecule has 116 valence electrons. The van der Waals surface area contributed by atoms with Gasteiger partial charge in [-0.3, -0.25) is 15.0 Å². The normalized spacial score (nSPS) is 28.6. The number of morpholine rings is 1. The first-order chi connectivity index (χ1) is 9.61. The van der Waals surface area contributed by atoms with Crippen molar-refractivity contribution in [1.29, 1.82) is 0 Å². The summed E-state index contributed by atoms with van der Waals surface area (Å²) in [5.41, 5.74) is 0. The van der Waals surface area contributed by atoms with E-state index in [4.69, 9.17) is 4.74 Å². The summed E-state index contributed by atoms with van der Waals surface area (Å²) in [4.78, 5) is 16.9. The van der Waals surface area contributed by atoms with Crippen LogP contribution in [0.3, 0.4) is 0 Å². The first-order valence-corrected chi connectivity index (χ1v) is 7.98. The quantitative estimate of drug-likeness (QED) is 0.787. The van der Waals surface area contributed by atoms with Gasteiger partial charge in [-0.05, 0) is 18.8 Å². The summed E-state index contributed by atoms with van der Waals surface area (Å²) in [5, 5.41) is 3.49. The van der Waals surface area contributed by atoms with Gasteiger partial charge in [0.15, 0.2) is 0 Å². The minimum atomic E-state index is 0.0182. The van der Waals surface area contributed by atoms with Crippen molar-refractivity contribution in [1.82, 2.24) is 15.1 Å². The Kier molecular flexibility index (Phi) is 5.81. The molecule has 2 aliphatic heterocycles. The second-order valence-electron chi connectivity index (χ2n) is 6.26. The fourth-order valence-electron chi connectivity index (χ4n) is 3.07. The van der Waals surface area contributed by atoms with Crippen molar-refractivity contribution in [3.05, 3.63) is 0 Å². The maximum absolute atomic E-state index is 12.5. The zero-order valence-electron chi connectivity index (χ0n) is 13.1. The summed E-state index contributed by atoms with van der Waals surface area (Å²) in [5.74, 6) is 0.840. The van der Waals surface area contributed by atoms with Crippen molar-refractivity contribution < 1.29 is 9.53 Å². The molecule has 2 rings (SSSR count). The highest BCUT2D eigenvalue weighted by molar-refractivity contribution is 5.84. The highest BCUT2D eigenvalue weighted by Gasteiger charge is 2.37. The van der Waals surface area contributed by atoms with Crippen LogP contribution < -0.4 is 5.32 Å². The topological polar surface area (TPSA) is 44.8 Å². The van der Waals surface area contributed by atoms with Crippen molar-refractivity contribution in [2.45, 2.75) is 45.8 Å². The van der Waals surface area contributed by atoms with Crippen LogP contribution in [0.4, 0.5) is 0 Å². The molecule has 2 fully saturated rings. The van der Waals surface area contributed by atoms with Crippen LogP contribution >= 0.6 is 0 Å². The lowest BCUT2D eigenvalue weighted by molar-refractivity contribution is -0.130. The van der Waals surface area contributed by atoms with Crippen LogP contribution in [-0.2, 0) is 9.53 Å². The molecule has 0 aliphatic carbocycles. The average molecular weight is 283 g/mol. The van der Waals surface area contributed by atoms with Crippen molar-refractivity contribution in [3.8, 4) is 0 Å². The standard InChI is InChI=1S/C15H29N3O2/c1-4-14-16-13(11-12(2)3)15(19)18(14)6-5-17-7-9-20-10-8-17/h12-14,16H,4-11H2,1-3H3. The number of carbonyl (C=O) groups is 1. The van der Waals surface area contributed by atoms with Gasteiger partial charge in [0.1, 0.15) is 0 Å². The van der Waals surface area contributed by atoms with Gasteiger partial charge in [0.25, 0.3) is 0 Å². The van der Waals surface area contributed by atoms with Gasteiger partial charge in [0.05, 0.1) is 25.4 Å². The Labute approximate surface area is 122 Å². The molecule has 2 saturated heterocycles. The fourth-order valence-corrected chi connectivity index (χ4v) is 3.07. The third-order valence-corrected chi connectivity index (χ3v) is 4.21. The predicted molar refractivity (Wildman–Crippen MR) is 79.4 cm³/mol. The molecule has 0 aromatic rings. The molecule has 0 aromatic carbocycles. The van der Waals surface area contributed by atoms with E-state index >= 15 is 0 Å². The molecule has 5 heteroatoms. The largest absolute Gasteiger partial charge is 0.379 e. The van der Waals surface area contributed by atoms with Crippen LogP contribution in [0, 0.1) is 5.92 Å². The minimum absolute atomic E-state index is 0.0182. The lowest BCUT2D eigenvalue weighted by atomic mass is 10.0. The number of carbonyl (C=O) groups excluding carboxylic acids is 1. The molecule has 2 aliphatic rings. The SMILES string of the molecule is CCC1NC(CC(C)C)C(=O)N1CCN1CCOCC1. The summed E-state index contributed by atoms with van der Waals surface area (Å²) < 4.78 is 5.36. The summed E-state index contributed by atoms with van der Waals surface area (Å²) in [6.07, 6.45) is 2.12. The Balaban J connectivity index is 1.86. The molecule has 0 spiro atoms. The van der Waals surface area contributed by atoms with Gasteiger partial charge in [-0.15, -0.1) is 0 Å². The van der Waals surface area contributed by atoms with Gasteiger partial charge in [0.2, 0.25) is 5.91 Å². The summed E-state index contributed by atoms with van der Waals surface area (Å²) in [7, 11) is 0. The Morgan fingerprint density at radius 2 is 2.00 bits per heavy atom. The number of amides is 1. The van der Waals surface area contributed by atoms with Crippen LogP contribution in [0.15, 0.2) is 0 Å². The predicted octanol–water partition coefficient (Wildman–Crippen LogP) is 0.901. The van der Waals surface area contributed by atoms with Crippen LogP contribution in [-0.4, -0.2) is 67.3 Å². The first-order valence-electron chi connectivity index (χ1n) is 7.98. The van der Waals surface area contributed by atoms with Gasteiger partial charge in [-0.1, -0.05) is 20.8 Å². The molecule has 20 heavy (non-hydrogen) atoms. The Hall–Kier alpha value is -0.650. The molecule has 0 saturated carbocycles. The van der Waals surface area contributed by atoms with Crippen LogP contribution in [0.5, 0.6) is 0 Å². The van der Waals surface area contributed by atoms with E-state index in [2.05, 4.69) is 31.0 Å². The van der Waals surface area contributed by atoms with Crippen LogP contribution in [0.25, 0.3) is 0 Å². The first kappa shape index (κ1) is 15.7. The van der Waals surface area contributed by atoms with Gasteiger partial charge in [-0.25, -0.2) is 0 Å². The van der Waals surface area contributed by atoms with E-state index in [-0.39, 0.29) is 12.2 Å². The molecule has 2 unspecified atom stereocenters. The van der Waals surface area contributed by atoms with Gasteiger partial charge in [-0.2, -0.15) is 0 Å². The number of nitrogens with zero attached hydrogens (tertiary/aromatic N) is 2. The van der Waals surface area contributed by atoms with Crippen molar-refractivity contribution in [2.75, 3.05) is 39.4 Å². The molecule has 1 amide bonds. The summed E-state index contributed by atoms with van der Waals surface area (Å²) in [6.45, 7) is 11.9. The van der Waals surface area contributed by atoms with E-state index in [9.17, 15) is 4.79 Å². The van der Waals surface area contributed by atoms with Crippen LogP contribution in [0.1, 0.15) is 33.6 Å². The van der Waals surface area contributed by atoms with E-state index in [1.807, 2.05) is 4.90 Å². The molecule has 0 radical (unpaired) electrons. The summed E-state index contributed by atoms with van der Waals surface area (Å²) in [6, 6.07) is 0.0182. The van der Waals surface area contributed by atoms with E-state index in [1.54, 1.807) is 0 Å².